The summed E-state index contributed by atoms with van der Waals surface area (Å²) in [6, 6.07) is 27.2. The van der Waals surface area contributed by atoms with E-state index >= 15 is 4.79 Å². The molecule has 1 aliphatic heterocycles. The van der Waals surface area contributed by atoms with Gasteiger partial charge in [0.05, 0.1) is 24.2 Å². The van der Waals surface area contributed by atoms with Gasteiger partial charge in [0.2, 0.25) is 0 Å². The lowest BCUT2D eigenvalue weighted by Crippen LogP contribution is -2.41. The average molecular weight is 975 g/mol. The molecule has 14 heteroatoms. The molecule has 1 aliphatic carbocycles. The molecule has 5 aromatic carbocycles. The maximum Gasteiger partial charge on any atom is 0.186 e. The third-order valence-corrected chi connectivity index (χ3v) is 16.9. The van der Waals surface area contributed by atoms with Gasteiger partial charge < -0.3 is 50.0 Å². The Kier molecular flexibility index (Phi) is 16.2. The van der Waals surface area contributed by atoms with Crippen LogP contribution < -0.4 is 29.8 Å². The van der Waals surface area contributed by atoms with Gasteiger partial charge in [0.1, 0.15) is 18.3 Å². The summed E-state index contributed by atoms with van der Waals surface area (Å²) in [6.45, 7) is 4.19. The number of carbonyl (C=O) groups is 1. The summed E-state index contributed by atoms with van der Waals surface area (Å²) in [6.07, 6.45) is 5.43. The molecule has 2 heterocycles. The quantitative estimate of drug-likeness (QED) is 0.0343. The van der Waals surface area contributed by atoms with Gasteiger partial charge in [-0.05, 0) is 127 Å². The molecule has 2 aliphatic rings. The minimum absolute atomic E-state index is 0.0265. The number of ketones is 1. The highest BCUT2D eigenvalue weighted by Crippen LogP contribution is 2.55. The molecule has 8 rings (SSSR count). The van der Waals surface area contributed by atoms with Gasteiger partial charge in [-0.15, -0.1) is 0 Å². The summed E-state index contributed by atoms with van der Waals surface area (Å²) in [5.74, 6) is 1.07. The van der Waals surface area contributed by atoms with Gasteiger partial charge in [-0.25, -0.2) is 0 Å². The Morgan fingerprint density at radius 2 is 1.84 bits per heavy atom. The summed E-state index contributed by atoms with van der Waals surface area (Å²) >= 11 is 0. The summed E-state index contributed by atoms with van der Waals surface area (Å²) in [7, 11) is 6.56. The first-order valence-corrected chi connectivity index (χ1v) is 26.1. The van der Waals surface area contributed by atoms with Crippen LogP contribution in [0.15, 0.2) is 97.3 Å². The van der Waals surface area contributed by atoms with Gasteiger partial charge in [-0.3, -0.25) is 10.1 Å². The third kappa shape index (κ3) is 11.2. The number of aliphatic hydroxyl groups excluding tert-OH is 2. The number of rotatable bonds is 17. The smallest absolute Gasteiger partial charge is 0.186 e. The molecular weight excluding hydrogens is 911 g/mol. The van der Waals surface area contributed by atoms with E-state index in [2.05, 4.69) is 46.8 Å². The monoisotopic (exact) mass is 974 g/mol. The second-order valence-electron chi connectivity index (χ2n) is 18.8. The molecule has 0 radical (unpaired) electrons. The average Bonchev–Trinajstić information content (AvgIpc) is 3.78. The topological polar surface area (TPSA) is 184 Å². The molecule has 366 valence electrons. The van der Waals surface area contributed by atoms with Crippen molar-refractivity contribution in [2.24, 2.45) is 5.92 Å². The fourth-order valence-electron chi connectivity index (χ4n) is 10.4. The van der Waals surface area contributed by atoms with Crippen LogP contribution in [0.25, 0.3) is 10.8 Å². The maximum atomic E-state index is 15.9. The first-order valence-electron chi connectivity index (χ1n) is 23.7. The lowest BCUT2D eigenvalue weighted by atomic mass is 9.68. The molecule has 5 unspecified atom stereocenters. The van der Waals surface area contributed by atoms with Crippen molar-refractivity contribution in [2.75, 3.05) is 40.0 Å². The summed E-state index contributed by atoms with van der Waals surface area (Å²) in [5.41, 5.74) is 5.90. The minimum atomic E-state index is -1.21. The Bertz CT molecular complexity index is 2730. The molecule has 69 heavy (non-hydrogen) atoms. The maximum absolute atomic E-state index is 15.9. The van der Waals surface area contributed by atoms with Gasteiger partial charge in [0.15, 0.2) is 29.8 Å². The van der Waals surface area contributed by atoms with Crippen LogP contribution in [-0.2, 0) is 48.9 Å². The zero-order chi connectivity index (χ0) is 48.7. The van der Waals surface area contributed by atoms with Gasteiger partial charge in [0.25, 0.3) is 0 Å². The van der Waals surface area contributed by atoms with Crippen molar-refractivity contribution in [1.82, 2.24) is 15.6 Å². The normalized spacial score (nSPS) is 20.5. The Morgan fingerprint density at radius 1 is 1.01 bits per heavy atom. The number of aromatic hydroxyl groups is 2. The highest BCUT2D eigenvalue weighted by atomic mass is 33.1. The first-order chi connectivity index (χ1) is 33.4. The van der Waals surface area contributed by atoms with Crippen LogP contribution in [0.1, 0.15) is 88.4 Å². The van der Waals surface area contributed by atoms with E-state index in [4.69, 9.17) is 14.2 Å². The van der Waals surface area contributed by atoms with Crippen LogP contribution >= 0.6 is 21.6 Å². The lowest BCUT2D eigenvalue weighted by Gasteiger charge is -2.35. The first kappa shape index (κ1) is 50.2. The molecule has 0 spiro atoms. The third-order valence-electron chi connectivity index (χ3n) is 13.9. The number of nitrogens with one attached hydrogen (secondary N) is 2. The van der Waals surface area contributed by atoms with Gasteiger partial charge >= 0.3 is 0 Å². The van der Waals surface area contributed by atoms with Crippen LogP contribution in [0, 0.1) is 5.92 Å². The molecule has 0 bridgehead atoms. The molecule has 5 atom stereocenters. The number of fused-ring (bicyclic) bond motifs is 1. The van der Waals surface area contributed by atoms with Gasteiger partial charge in [-0.1, -0.05) is 94.7 Å². The number of methoxy groups -OCH3 is 1. The van der Waals surface area contributed by atoms with Crippen molar-refractivity contribution in [1.29, 1.82) is 0 Å². The minimum Gasteiger partial charge on any atom is -0.670 e. The predicted molar refractivity (Wildman–Crippen MR) is 274 cm³/mol. The highest BCUT2D eigenvalue weighted by molar-refractivity contribution is 8.76. The standard InChI is InChI=1S/C55H64N3O9S2/c1-5-36-10-11-37-8-6-7-9-43(37)44(36)25-45-38(12-14-46(61)52(45)65-4)23-40(20-34-17-19-57-29-34)47(62)26-50(63)55(41-21-35(28-56-3)22-42(60)24-41)18-16-49-51-39(27-55)13-15-48(67-33-59)53(51)66-32-58-30-54(2,64)31-68-69-49/h6-15,17,19,21-22,24,29,40,47,49,56,58-62,64H,5,16,18,20,23,25-28,30-33H2,1-4H3/q-1. The summed E-state index contributed by atoms with van der Waals surface area (Å²) in [4.78, 5) is 20.2. The van der Waals surface area contributed by atoms with Crippen molar-refractivity contribution in [3.05, 3.63) is 147 Å². The lowest BCUT2D eigenvalue weighted by molar-refractivity contribution is -0.127. The van der Waals surface area contributed by atoms with E-state index in [1.807, 2.05) is 43.4 Å². The number of aryl methyl sites for hydroxylation is 1. The van der Waals surface area contributed by atoms with Gasteiger partial charge in [0, 0.05) is 48.1 Å². The van der Waals surface area contributed by atoms with E-state index in [9.17, 15) is 25.5 Å². The van der Waals surface area contributed by atoms with Crippen molar-refractivity contribution in [3.8, 4) is 28.7 Å². The van der Waals surface area contributed by atoms with E-state index in [0.29, 0.717) is 73.8 Å². The van der Waals surface area contributed by atoms with Crippen molar-refractivity contribution >= 4 is 38.1 Å². The Balaban J connectivity index is 1.21. The van der Waals surface area contributed by atoms with E-state index in [-0.39, 0.29) is 42.1 Å². The second-order valence-corrected chi connectivity index (χ2v) is 21.3. The van der Waals surface area contributed by atoms with E-state index in [1.165, 1.54) is 5.56 Å². The molecule has 0 fully saturated rings. The number of benzene rings is 5. The SMILES string of the molecule is CCc1ccc2ccccc2c1Cc1c(CC(Cc2cc[n-]c2)C(O)CC(=O)C2(c3cc(O)cc(CNC)c3)CCC3SSCC(C)(O)CNCOc4c(OCO)ccc(c43)C2)ccc(O)c1OC. The number of nitrogens with zero attached hydrogens (tertiary/aromatic N) is 1. The molecule has 0 amide bonds. The zero-order valence-corrected chi connectivity index (χ0v) is 41.4. The van der Waals surface area contributed by atoms with Crippen molar-refractivity contribution in [3.63, 3.8) is 0 Å². The Morgan fingerprint density at radius 3 is 2.61 bits per heavy atom. The number of ether oxygens (including phenoxy) is 3. The number of hydrogen-bond donors (Lipinski definition) is 7. The molecule has 7 N–H and O–H groups in total. The molecule has 12 nitrogen and oxygen atoms in total. The van der Waals surface area contributed by atoms with Crippen LogP contribution in [0.3, 0.4) is 0 Å². The van der Waals surface area contributed by atoms with Crippen LogP contribution in [0.4, 0.5) is 0 Å². The Hall–Kier alpha value is -5.19. The number of phenols is 2. The van der Waals surface area contributed by atoms with Crippen LogP contribution in [-0.4, -0.2) is 83.0 Å². The molecular formula is C55H64N3O9S2-. The summed E-state index contributed by atoms with van der Waals surface area (Å²) < 4.78 is 18.1. The zero-order valence-electron chi connectivity index (χ0n) is 39.8. The highest BCUT2D eigenvalue weighted by Gasteiger charge is 2.46. The summed E-state index contributed by atoms with van der Waals surface area (Å²) in [5, 5.41) is 64.9. The number of aromatic nitrogens is 1. The van der Waals surface area contributed by atoms with Gasteiger partial charge in [-0.2, -0.15) is 12.4 Å². The number of Topliss-reactive ketones (excluding diaryl/α,β-unsaturated/α-hetero) is 1. The molecule has 1 aromatic heterocycles. The van der Waals surface area contributed by atoms with Crippen LogP contribution in [0.5, 0.6) is 28.7 Å². The van der Waals surface area contributed by atoms with E-state index in [0.717, 1.165) is 56.1 Å². The molecule has 0 saturated heterocycles. The fourth-order valence-corrected chi connectivity index (χ4v) is 13.6. The number of aliphatic hydroxyl groups is 3. The Labute approximate surface area is 412 Å². The van der Waals surface area contributed by atoms with Crippen LogP contribution in [0.2, 0.25) is 0 Å². The fraction of sp³-hybridized carbons (Fsp3) is 0.400. The number of carbonyl (C=O) groups excluding carboxylic acids is 1. The van der Waals surface area contributed by atoms with Crippen molar-refractivity contribution < 1.29 is 44.5 Å². The van der Waals surface area contributed by atoms with E-state index in [1.54, 1.807) is 72.3 Å². The number of phenolic OH excluding ortho intramolecular Hbond substituents is 2. The largest absolute Gasteiger partial charge is 0.670 e. The van der Waals surface area contributed by atoms with Crippen molar-refractivity contribution in [2.45, 2.75) is 94.1 Å². The number of β-amino-alcohol motifs (C(OH)–C–C–N with tert-alkyl or cyclic N) is 1. The molecule has 0 saturated carbocycles. The predicted octanol–water partition coefficient (Wildman–Crippen LogP) is 8.23. The molecule has 6 aromatic rings. The van der Waals surface area contributed by atoms with E-state index < -0.39 is 29.8 Å². The number of hydrogen-bond acceptors (Lipinski definition) is 13. The second kappa shape index (κ2) is 22.3.